The average molecular weight is 301 g/mol. The van der Waals surface area contributed by atoms with E-state index in [1.165, 1.54) is 6.08 Å². The first-order valence-corrected chi connectivity index (χ1v) is 6.81. The Morgan fingerprint density at radius 1 is 1.32 bits per heavy atom. The van der Waals surface area contributed by atoms with Crippen molar-refractivity contribution in [3.05, 3.63) is 39.9 Å². The first kappa shape index (κ1) is 16.0. The lowest BCUT2D eigenvalue weighted by Crippen LogP contribution is -2.25. The molecule has 0 aliphatic carbocycles. The Bertz CT molecular complexity index is 439. The van der Waals surface area contributed by atoms with Crippen LogP contribution in [0.1, 0.15) is 12.0 Å². The lowest BCUT2D eigenvalue weighted by molar-refractivity contribution is -0.116. The van der Waals surface area contributed by atoms with Gasteiger partial charge in [0.25, 0.3) is 0 Å². The molecule has 1 N–H and O–H groups in total. The van der Waals surface area contributed by atoms with Gasteiger partial charge in [0.1, 0.15) is 0 Å². The molecule has 3 nitrogen and oxygen atoms in total. The van der Waals surface area contributed by atoms with Crippen molar-refractivity contribution in [1.82, 2.24) is 10.2 Å². The summed E-state index contributed by atoms with van der Waals surface area (Å²) in [5.41, 5.74) is 0.661. The number of nitrogens with one attached hydrogen (secondary N) is 1. The molecule has 1 rings (SSSR count). The maximum Gasteiger partial charge on any atom is 0.244 e. The fraction of sp³-hybridized carbons (Fsp3) is 0.357. The molecule has 19 heavy (non-hydrogen) atoms. The van der Waals surface area contributed by atoms with Crippen LogP contribution in [0.4, 0.5) is 0 Å². The summed E-state index contributed by atoms with van der Waals surface area (Å²) in [6.45, 7) is 1.60. The van der Waals surface area contributed by atoms with Crippen LogP contribution < -0.4 is 5.32 Å². The first-order chi connectivity index (χ1) is 9.00. The normalized spacial score (nSPS) is 11.2. The lowest BCUT2D eigenvalue weighted by atomic mass is 10.2. The van der Waals surface area contributed by atoms with Gasteiger partial charge in [0.2, 0.25) is 5.91 Å². The largest absolute Gasteiger partial charge is 0.353 e. The summed E-state index contributed by atoms with van der Waals surface area (Å²) in [4.78, 5) is 13.7. The van der Waals surface area contributed by atoms with Crippen molar-refractivity contribution in [1.29, 1.82) is 0 Å². The number of nitrogens with zero attached hydrogens (tertiary/aromatic N) is 1. The molecule has 0 aromatic heterocycles. The molecule has 1 aromatic carbocycles. The fourth-order valence-corrected chi connectivity index (χ4v) is 2.02. The van der Waals surface area contributed by atoms with Crippen LogP contribution in [0.15, 0.2) is 24.3 Å². The Hall–Kier alpha value is -1.03. The molecule has 0 radical (unpaired) electrons. The number of rotatable bonds is 6. The van der Waals surface area contributed by atoms with Gasteiger partial charge in [-0.15, -0.1) is 0 Å². The van der Waals surface area contributed by atoms with E-state index >= 15 is 0 Å². The highest BCUT2D eigenvalue weighted by Crippen LogP contribution is 2.25. The number of halogens is 2. The Kier molecular flexibility index (Phi) is 6.92. The van der Waals surface area contributed by atoms with Gasteiger partial charge in [0.15, 0.2) is 0 Å². The number of benzene rings is 1. The Morgan fingerprint density at radius 3 is 2.53 bits per heavy atom. The maximum absolute atomic E-state index is 11.6. The zero-order valence-electron chi connectivity index (χ0n) is 11.1. The molecular formula is C14H18Cl2N2O. The average Bonchev–Trinajstić information content (AvgIpc) is 2.34. The molecule has 0 aliphatic rings. The minimum absolute atomic E-state index is 0.144. The smallest absolute Gasteiger partial charge is 0.244 e. The van der Waals surface area contributed by atoms with Crippen molar-refractivity contribution in [2.45, 2.75) is 6.42 Å². The quantitative estimate of drug-likeness (QED) is 0.647. The third-order valence-corrected chi connectivity index (χ3v) is 3.14. The summed E-state index contributed by atoms with van der Waals surface area (Å²) in [7, 11) is 4.00. The molecule has 0 aliphatic heterocycles. The van der Waals surface area contributed by atoms with E-state index in [0.29, 0.717) is 22.2 Å². The molecule has 0 unspecified atom stereocenters. The molecule has 0 spiro atoms. The third kappa shape index (κ3) is 6.10. The predicted octanol–water partition coefficient (Wildman–Crippen LogP) is 3.07. The van der Waals surface area contributed by atoms with Crippen molar-refractivity contribution in [3.8, 4) is 0 Å². The summed E-state index contributed by atoms with van der Waals surface area (Å²) < 4.78 is 0. The lowest BCUT2D eigenvalue weighted by Gasteiger charge is -2.08. The van der Waals surface area contributed by atoms with Crippen molar-refractivity contribution in [2.75, 3.05) is 27.2 Å². The number of hydrogen-bond donors (Lipinski definition) is 1. The maximum atomic E-state index is 11.6. The van der Waals surface area contributed by atoms with Crippen LogP contribution in [0.2, 0.25) is 10.0 Å². The van der Waals surface area contributed by atoms with E-state index < -0.39 is 0 Å². The molecule has 0 heterocycles. The highest BCUT2D eigenvalue weighted by molar-refractivity contribution is 6.37. The highest BCUT2D eigenvalue weighted by atomic mass is 35.5. The van der Waals surface area contributed by atoms with Crippen molar-refractivity contribution in [2.24, 2.45) is 0 Å². The molecule has 0 bridgehead atoms. The van der Waals surface area contributed by atoms with Crippen molar-refractivity contribution in [3.63, 3.8) is 0 Å². The van der Waals surface area contributed by atoms with Crippen LogP contribution in [-0.2, 0) is 4.79 Å². The van der Waals surface area contributed by atoms with Crippen LogP contribution in [-0.4, -0.2) is 38.0 Å². The van der Waals surface area contributed by atoms with Gasteiger partial charge in [-0.2, -0.15) is 0 Å². The Labute approximate surface area is 124 Å². The second-order valence-electron chi connectivity index (χ2n) is 4.42. The van der Waals surface area contributed by atoms with Crippen LogP contribution >= 0.6 is 23.2 Å². The van der Waals surface area contributed by atoms with E-state index in [1.54, 1.807) is 24.3 Å². The molecule has 0 saturated heterocycles. The minimum atomic E-state index is -0.144. The summed E-state index contributed by atoms with van der Waals surface area (Å²) in [5.74, 6) is -0.144. The van der Waals surface area contributed by atoms with E-state index in [0.717, 1.165) is 13.0 Å². The number of carbonyl (C=O) groups excluding carboxylic acids is 1. The molecule has 1 aromatic rings. The van der Waals surface area contributed by atoms with Gasteiger partial charge in [0.05, 0.1) is 0 Å². The van der Waals surface area contributed by atoms with E-state index in [4.69, 9.17) is 23.2 Å². The minimum Gasteiger partial charge on any atom is -0.353 e. The van der Waals surface area contributed by atoms with Crippen LogP contribution in [0.3, 0.4) is 0 Å². The van der Waals surface area contributed by atoms with Crippen molar-refractivity contribution < 1.29 is 4.79 Å². The van der Waals surface area contributed by atoms with Crippen LogP contribution in [0.25, 0.3) is 6.08 Å². The van der Waals surface area contributed by atoms with Gasteiger partial charge in [-0.1, -0.05) is 29.3 Å². The third-order valence-electron chi connectivity index (χ3n) is 2.48. The Balaban J connectivity index is 2.46. The Morgan fingerprint density at radius 2 is 1.95 bits per heavy atom. The van der Waals surface area contributed by atoms with E-state index in [9.17, 15) is 4.79 Å². The second kappa shape index (κ2) is 8.20. The molecule has 5 heteroatoms. The predicted molar refractivity (Wildman–Crippen MR) is 81.7 cm³/mol. The summed E-state index contributed by atoms with van der Waals surface area (Å²) >= 11 is 12.0. The highest BCUT2D eigenvalue weighted by Gasteiger charge is 2.02. The fourth-order valence-electron chi connectivity index (χ4n) is 1.49. The standard InChI is InChI=1S/C14H18Cl2N2O/c1-18(2)10-4-9-17-14(19)8-7-11-12(15)5-3-6-13(11)16/h3,5-8H,4,9-10H2,1-2H3,(H,17,19)/b8-7+. The van der Waals surface area contributed by atoms with E-state index in [-0.39, 0.29) is 5.91 Å². The molecule has 0 saturated carbocycles. The van der Waals surface area contributed by atoms with Gasteiger partial charge < -0.3 is 10.2 Å². The molecule has 1 amide bonds. The van der Waals surface area contributed by atoms with Gasteiger partial charge in [-0.3, -0.25) is 4.79 Å². The van der Waals surface area contributed by atoms with Crippen LogP contribution in [0.5, 0.6) is 0 Å². The van der Waals surface area contributed by atoms with Gasteiger partial charge in [-0.25, -0.2) is 0 Å². The van der Waals surface area contributed by atoms with Gasteiger partial charge >= 0.3 is 0 Å². The van der Waals surface area contributed by atoms with E-state index in [1.807, 2.05) is 14.1 Å². The molecule has 0 fully saturated rings. The monoisotopic (exact) mass is 300 g/mol. The summed E-state index contributed by atoms with van der Waals surface area (Å²) in [6.07, 6.45) is 3.99. The van der Waals surface area contributed by atoms with Crippen molar-refractivity contribution >= 4 is 35.2 Å². The number of amides is 1. The SMILES string of the molecule is CN(C)CCCNC(=O)/C=C/c1c(Cl)cccc1Cl. The first-order valence-electron chi connectivity index (χ1n) is 6.05. The molecule has 0 atom stereocenters. The molecule has 104 valence electrons. The topological polar surface area (TPSA) is 32.3 Å². The zero-order chi connectivity index (χ0) is 14.3. The van der Waals surface area contributed by atoms with Gasteiger partial charge in [-0.05, 0) is 45.3 Å². The van der Waals surface area contributed by atoms with Gasteiger partial charge in [0, 0.05) is 28.2 Å². The number of carbonyl (C=O) groups is 1. The summed E-state index contributed by atoms with van der Waals surface area (Å²) in [5, 5.41) is 3.87. The zero-order valence-corrected chi connectivity index (χ0v) is 12.6. The second-order valence-corrected chi connectivity index (χ2v) is 5.23. The van der Waals surface area contributed by atoms with E-state index in [2.05, 4.69) is 10.2 Å². The summed E-state index contributed by atoms with van der Waals surface area (Å²) in [6, 6.07) is 5.24. The number of hydrogen-bond acceptors (Lipinski definition) is 2. The molecular weight excluding hydrogens is 283 g/mol. The van der Waals surface area contributed by atoms with Crippen LogP contribution in [0, 0.1) is 0 Å².